The maximum atomic E-state index is 12.1. The van der Waals surface area contributed by atoms with Crippen molar-refractivity contribution in [1.82, 2.24) is 10.9 Å². The summed E-state index contributed by atoms with van der Waals surface area (Å²) in [7, 11) is 0. The van der Waals surface area contributed by atoms with E-state index in [2.05, 4.69) is 10.9 Å². The fourth-order valence-corrected chi connectivity index (χ4v) is 2.61. The molecule has 0 radical (unpaired) electrons. The molecule has 6 heteroatoms. The van der Waals surface area contributed by atoms with Gasteiger partial charge in [0.1, 0.15) is 0 Å². The minimum atomic E-state index is -0.954. The van der Waals surface area contributed by atoms with Crippen molar-refractivity contribution in [1.29, 1.82) is 0 Å². The summed E-state index contributed by atoms with van der Waals surface area (Å²) in [5.74, 6) is -3.08. The Bertz CT molecular complexity index is 530. The highest BCUT2D eigenvalue weighted by molar-refractivity contribution is 5.95. The Balaban J connectivity index is 1.92. The molecule has 0 spiro atoms. The molecule has 2 rings (SSSR count). The van der Waals surface area contributed by atoms with Gasteiger partial charge in [-0.2, -0.15) is 0 Å². The van der Waals surface area contributed by atoms with Gasteiger partial charge in [-0.1, -0.05) is 31.0 Å². The van der Waals surface area contributed by atoms with Crippen LogP contribution >= 0.6 is 0 Å². The number of carboxylic acid groups (broad SMARTS) is 1. The molecule has 6 nitrogen and oxygen atoms in total. The highest BCUT2D eigenvalue weighted by Crippen LogP contribution is 2.30. The van der Waals surface area contributed by atoms with Crippen molar-refractivity contribution in [3.63, 3.8) is 0 Å². The normalized spacial score (nSPS) is 21.3. The summed E-state index contributed by atoms with van der Waals surface area (Å²) in [4.78, 5) is 35.0. The molecule has 0 bridgehead atoms. The second-order valence-electron chi connectivity index (χ2n) is 5.15. The van der Waals surface area contributed by atoms with Crippen LogP contribution < -0.4 is 10.9 Å². The number of carboxylic acids is 1. The van der Waals surface area contributed by atoms with Crippen molar-refractivity contribution in [2.75, 3.05) is 0 Å². The zero-order valence-corrected chi connectivity index (χ0v) is 11.5. The molecule has 2 amide bonds. The number of hydrogen-bond acceptors (Lipinski definition) is 3. The number of carbonyl (C=O) groups is 3. The number of aliphatic carboxylic acids is 1. The van der Waals surface area contributed by atoms with E-state index in [0.29, 0.717) is 18.4 Å². The molecule has 112 valence electrons. The lowest BCUT2D eigenvalue weighted by Gasteiger charge is -2.27. The fourth-order valence-electron chi connectivity index (χ4n) is 2.61. The molecule has 1 aromatic rings. The molecule has 2 atom stereocenters. The van der Waals surface area contributed by atoms with Gasteiger partial charge in [0.05, 0.1) is 11.8 Å². The van der Waals surface area contributed by atoms with E-state index in [1.807, 2.05) is 0 Å². The zero-order valence-electron chi connectivity index (χ0n) is 11.5. The maximum absolute atomic E-state index is 12.1. The van der Waals surface area contributed by atoms with Crippen LogP contribution in [0.25, 0.3) is 0 Å². The minimum absolute atomic E-state index is 0.424. The molecule has 0 unspecified atom stereocenters. The van der Waals surface area contributed by atoms with Gasteiger partial charge in [0.25, 0.3) is 5.91 Å². The molecule has 21 heavy (non-hydrogen) atoms. The van der Waals surface area contributed by atoms with E-state index in [1.54, 1.807) is 30.3 Å². The topological polar surface area (TPSA) is 95.5 Å². The first-order valence-corrected chi connectivity index (χ1v) is 6.97. The minimum Gasteiger partial charge on any atom is -0.481 e. The van der Waals surface area contributed by atoms with Crippen LogP contribution in [0.3, 0.4) is 0 Å². The number of hydrogen-bond donors (Lipinski definition) is 3. The predicted molar refractivity (Wildman–Crippen MR) is 75.1 cm³/mol. The molecular formula is C15H18N2O4. The quantitative estimate of drug-likeness (QED) is 0.732. The van der Waals surface area contributed by atoms with Crippen LogP contribution in [0, 0.1) is 11.8 Å². The summed E-state index contributed by atoms with van der Waals surface area (Å²) in [6.45, 7) is 0. The van der Waals surface area contributed by atoms with Crippen LogP contribution in [-0.2, 0) is 9.59 Å². The number of rotatable bonds is 3. The number of benzene rings is 1. The van der Waals surface area contributed by atoms with E-state index in [1.165, 1.54) is 0 Å². The van der Waals surface area contributed by atoms with E-state index in [-0.39, 0.29) is 0 Å². The number of carbonyl (C=O) groups excluding carboxylic acids is 2. The molecule has 1 saturated carbocycles. The van der Waals surface area contributed by atoms with Gasteiger partial charge in [-0.05, 0) is 25.0 Å². The Morgan fingerprint density at radius 1 is 0.952 bits per heavy atom. The fraction of sp³-hybridized carbons (Fsp3) is 0.400. The number of hydrazine groups is 1. The third-order valence-electron chi connectivity index (χ3n) is 3.76. The molecular weight excluding hydrogens is 272 g/mol. The van der Waals surface area contributed by atoms with Gasteiger partial charge < -0.3 is 5.11 Å². The summed E-state index contributed by atoms with van der Waals surface area (Å²) < 4.78 is 0. The summed E-state index contributed by atoms with van der Waals surface area (Å²) in [5.41, 5.74) is 5.08. The molecule has 0 aliphatic heterocycles. The summed E-state index contributed by atoms with van der Waals surface area (Å²) in [6.07, 6.45) is 2.68. The number of nitrogens with one attached hydrogen (secondary N) is 2. The summed E-state index contributed by atoms with van der Waals surface area (Å²) in [5, 5.41) is 9.15. The molecule has 1 aliphatic carbocycles. The largest absolute Gasteiger partial charge is 0.481 e. The van der Waals surface area contributed by atoms with Gasteiger partial charge in [0.15, 0.2) is 0 Å². The second-order valence-corrected chi connectivity index (χ2v) is 5.15. The Hall–Kier alpha value is -2.37. The average molecular weight is 290 g/mol. The summed E-state index contributed by atoms with van der Waals surface area (Å²) in [6, 6.07) is 8.48. The highest BCUT2D eigenvalue weighted by Gasteiger charge is 2.35. The van der Waals surface area contributed by atoms with Crippen molar-refractivity contribution in [2.45, 2.75) is 25.7 Å². The first kappa shape index (κ1) is 15.0. The van der Waals surface area contributed by atoms with Crippen molar-refractivity contribution < 1.29 is 19.5 Å². The van der Waals surface area contributed by atoms with Crippen molar-refractivity contribution in [3.8, 4) is 0 Å². The number of amides is 2. The van der Waals surface area contributed by atoms with Crippen molar-refractivity contribution >= 4 is 17.8 Å². The van der Waals surface area contributed by atoms with Gasteiger partial charge in [-0.15, -0.1) is 0 Å². The Morgan fingerprint density at radius 2 is 1.57 bits per heavy atom. The van der Waals surface area contributed by atoms with E-state index < -0.39 is 29.6 Å². The third kappa shape index (κ3) is 3.81. The molecule has 0 heterocycles. The molecule has 1 fully saturated rings. The average Bonchev–Trinajstić information content (AvgIpc) is 2.53. The molecule has 0 saturated heterocycles. The Morgan fingerprint density at radius 3 is 2.19 bits per heavy atom. The van der Waals surface area contributed by atoms with Crippen LogP contribution in [0.2, 0.25) is 0 Å². The highest BCUT2D eigenvalue weighted by atomic mass is 16.4. The van der Waals surface area contributed by atoms with Crippen LogP contribution in [-0.4, -0.2) is 22.9 Å². The monoisotopic (exact) mass is 290 g/mol. The van der Waals surface area contributed by atoms with Gasteiger partial charge >= 0.3 is 5.97 Å². The standard InChI is InChI=1S/C15H18N2O4/c18-13(10-6-2-1-3-7-10)16-17-14(19)11-8-4-5-9-12(11)15(20)21/h1-3,6-7,11-12H,4-5,8-9H2,(H,16,18)(H,17,19)(H,20,21)/t11-,12+/m1/s1. The van der Waals surface area contributed by atoms with Crippen LogP contribution in [0.15, 0.2) is 30.3 Å². The molecule has 0 aromatic heterocycles. The zero-order chi connectivity index (χ0) is 15.2. The van der Waals surface area contributed by atoms with Gasteiger partial charge in [-0.25, -0.2) is 0 Å². The first-order valence-electron chi connectivity index (χ1n) is 6.97. The smallest absolute Gasteiger partial charge is 0.307 e. The van der Waals surface area contributed by atoms with E-state index >= 15 is 0 Å². The lowest BCUT2D eigenvalue weighted by atomic mass is 9.79. The Kier molecular flexibility index (Phi) is 4.92. The molecule has 3 N–H and O–H groups in total. The third-order valence-corrected chi connectivity index (χ3v) is 3.76. The first-order chi connectivity index (χ1) is 10.1. The van der Waals surface area contributed by atoms with Gasteiger partial charge in [-0.3, -0.25) is 25.2 Å². The van der Waals surface area contributed by atoms with Gasteiger partial charge in [0.2, 0.25) is 5.91 Å². The predicted octanol–water partition coefficient (Wildman–Crippen LogP) is 1.34. The Labute approximate surface area is 122 Å². The van der Waals surface area contributed by atoms with Crippen molar-refractivity contribution in [3.05, 3.63) is 35.9 Å². The SMILES string of the molecule is O=C(NNC(=O)[C@@H]1CCCC[C@@H]1C(=O)O)c1ccccc1. The van der Waals surface area contributed by atoms with Crippen LogP contribution in [0.5, 0.6) is 0 Å². The maximum Gasteiger partial charge on any atom is 0.307 e. The van der Waals surface area contributed by atoms with E-state index in [4.69, 9.17) is 5.11 Å². The van der Waals surface area contributed by atoms with E-state index in [0.717, 1.165) is 12.8 Å². The van der Waals surface area contributed by atoms with Crippen LogP contribution in [0.4, 0.5) is 0 Å². The molecule has 1 aliphatic rings. The van der Waals surface area contributed by atoms with Crippen LogP contribution in [0.1, 0.15) is 36.0 Å². The van der Waals surface area contributed by atoms with Gasteiger partial charge in [0, 0.05) is 5.56 Å². The second kappa shape index (κ2) is 6.88. The lowest BCUT2D eigenvalue weighted by Crippen LogP contribution is -2.47. The van der Waals surface area contributed by atoms with E-state index in [9.17, 15) is 14.4 Å². The lowest BCUT2D eigenvalue weighted by molar-refractivity contribution is -0.149. The summed E-state index contributed by atoms with van der Waals surface area (Å²) >= 11 is 0. The van der Waals surface area contributed by atoms with Crippen molar-refractivity contribution in [2.24, 2.45) is 11.8 Å². The molecule has 1 aromatic carbocycles.